The zero-order chi connectivity index (χ0) is 22.1. The van der Waals surface area contributed by atoms with Crippen LogP contribution >= 0.6 is 0 Å². The van der Waals surface area contributed by atoms with E-state index in [4.69, 9.17) is 0 Å². The minimum Gasteiger partial charge on any atom is -0.393 e. The zero-order valence-corrected chi connectivity index (χ0v) is 19.9. The number of aliphatic hydroxyl groups is 2. The van der Waals surface area contributed by atoms with Gasteiger partial charge in [-0.05, 0) is 84.7 Å². The molecule has 0 amide bonds. The van der Waals surface area contributed by atoms with Gasteiger partial charge in [0.05, 0.1) is 12.2 Å². The van der Waals surface area contributed by atoms with E-state index in [1.165, 1.54) is 32.1 Å². The first-order chi connectivity index (χ1) is 14.1. The highest BCUT2D eigenvalue weighted by Gasteiger charge is 2.50. The maximum absolute atomic E-state index is 10.1. The van der Waals surface area contributed by atoms with Crippen molar-refractivity contribution in [2.24, 2.45) is 35.0 Å². The van der Waals surface area contributed by atoms with Crippen molar-refractivity contribution >= 4 is 0 Å². The molecule has 3 saturated carbocycles. The molecule has 3 aliphatic carbocycles. The fourth-order valence-corrected chi connectivity index (χ4v) is 6.32. The number of fused-ring (bicyclic) bond motifs is 1. The first-order valence-electron chi connectivity index (χ1n) is 12.3. The van der Waals surface area contributed by atoms with Crippen molar-refractivity contribution in [2.45, 2.75) is 91.8 Å². The van der Waals surface area contributed by atoms with Crippen LogP contribution in [0.4, 0.5) is 0 Å². The predicted molar refractivity (Wildman–Crippen MR) is 127 cm³/mol. The number of rotatable bonds is 5. The molecule has 2 heteroatoms. The van der Waals surface area contributed by atoms with Gasteiger partial charge in [-0.1, -0.05) is 71.1 Å². The maximum atomic E-state index is 10.1. The normalized spacial score (nSPS) is 39.8. The average molecular weight is 413 g/mol. The lowest BCUT2D eigenvalue weighted by Gasteiger charge is -2.44. The van der Waals surface area contributed by atoms with Crippen LogP contribution in [0.5, 0.6) is 0 Å². The molecule has 3 aliphatic rings. The van der Waals surface area contributed by atoms with Crippen LogP contribution in [-0.4, -0.2) is 22.4 Å². The van der Waals surface area contributed by atoms with E-state index in [0.29, 0.717) is 41.9 Å². The molecule has 2 N–H and O–H groups in total. The van der Waals surface area contributed by atoms with Gasteiger partial charge in [0.2, 0.25) is 0 Å². The lowest BCUT2D eigenvalue weighted by atomic mass is 9.61. The third-order valence-electron chi connectivity index (χ3n) is 8.71. The molecule has 7 atom stereocenters. The van der Waals surface area contributed by atoms with Gasteiger partial charge < -0.3 is 10.2 Å². The van der Waals surface area contributed by atoms with Crippen LogP contribution in [0.15, 0.2) is 47.6 Å². The molecule has 0 aromatic rings. The van der Waals surface area contributed by atoms with Gasteiger partial charge in [-0.2, -0.15) is 0 Å². The first-order valence-corrected chi connectivity index (χ1v) is 12.3. The van der Waals surface area contributed by atoms with Gasteiger partial charge in [0.1, 0.15) is 0 Å². The van der Waals surface area contributed by atoms with E-state index in [1.807, 2.05) is 0 Å². The van der Waals surface area contributed by atoms with Gasteiger partial charge >= 0.3 is 0 Å². The molecule has 7 unspecified atom stereocenters. The molecule has 30 heavy (non-hydrogen) atoms. The van der Waals surface area contributed by atoms with Crippen LogP contribution in [0.1, 0.15) is 79.6 Å². The summed E-state index contributed by atoms with van der Waals surface area (Å²) in [5.41, 5.74) is 3.77. The van der Waals surface area contributed by atoms with Gasteiger partial charge in [0.15, 0.2) is 0 Å². The minimum absolute atomic E-state index is 0.385. The topological polar surface area (TPSA) is 40.5 Å². The van der Waals surface area contributed by atoms with Crippen LogP contribution in [0.25, 0.3) is 0 Å². The summed E-state index contributed by atoms with van der Waals surface area (Å²) in [6.07, 6.45) is 15.8. The van der Waals surface area contributed by atoms with E-state index in [9.17, 15) is 10.2 Å². The van der Waals surface area contributed by atoms with Crippen molar-refractivity contribution in [1.29, 1.82) is 0 Å². The highest BCUT2D eigenvalue weighted by atomic mass is 16.3. The highest BCUT2D eigenvalue weighted by molar-refractivity contribution is 5.38. The van der Waals surface area contributed by atoms with E-state index in [2.05, 4.69) is 65.5 Å². The van der Waals surface area contributed by atoms with Crippen molar-refractivity contribution in [3.05, 3.63) is 47.6 Å². The quantitative estimate of drug-likeness (QED) is 0.499. The molecule has 0 spiro atoms. The summed E-state index contributed by atoms with van der Waals surface area (Å²) in [6, 6.07) is 0. The Balaban J connectivity index is 1.76. The number of hydrogen-bond acceptors (Lipinski definition) is 2. The Morgan fingerprint density at radius 3 is 2.50 bits per heavy atom. The second-order valence-electron chi connectivity index (χ2n) is 11.0. The summed E-state index contributed by atoms with van der Waals surface area (Å²) in [5.74, 6) is 3.38. The van der Waals surface area contributed by atoms with E-state index >= 15 is 0 Å². The molecule has 0 aliphatic heterocycles. The summed E-state index contributed by atoms with van der Waals surface area (Å²) >= 11 is 0. The van der Waals surface area contributed by atoms with Gasteiger partial charge in [0.25, 0.3) is 0 Å². The Bertz CT molecular complexity index is 712. The van der Waals surface area contributed by atoms with E-state index < -0.39 is 12.2 Å². The molecule has 2 nitrogen and oxygen atoms in total. The van der Waals surface area contributed by atoms with Crippen LogP contribution in [0.2, 0.25) is 0 Å². The fraction of sp³-hybridized carbons (Fsp3) is 0.714. The van der Waals surface area contributed by atoms with Crippen LogP contribution in [-0.2, 0) is 0 Å². The number of hydrogen-bond donors (Lipinski definition) is 2. The highest BCUT2D eigenvalue weighted by Crippen LogP contribution is 2.59. The van der Waals surface area contributed by atoms with E-state index in [1.54, 1.807) is 5.57 Å². The molecule has 0 radical (unpaired) electrons. The van der Waals surface area contributed by atoms with E-state index in [-0.39, 0.29) is 0 Å². The van der Waals surface area contributed by atoms with Gasteiger partial charge in [-0.3, -0.25) is 0 Å². The van der Waals surface area contributed by atoms with Gasteiger partial charge in [-0.15, -0.1) is 0 Å². The van der Waals surface area contributed by atoms with Crippen LogP contribution in [0.3, 0.4) is 0 Å². The summed E-state index contributed by atoms with van der Waals surface area (Å²) in [5, 5.41) is 20.2. The lowest BCUT2D eigenvalue weighted by molar-refractivity contribution is 0.0862. The smallest absolute Gasteiger partial charge is 0.0811 e. The second kappa shape index (κ2) is 9.57. The van der Waals surface area contributed by atoms with Crippen molar-refractivity contribution in [1.82, 2.24) is 0 Å². The molecule has 0 heterocycles. The third-order valence-corrected chi connectivity index (χ3v) is 8.71. The van der Waals surface area contributed by atoms with Crippen molar-refractivity contribution < 1.29 is 10.2 Å². The lowest BCUT2D eigenvalue weighted by Crippen LogP contribution is -2.35. The van der Waals surface area contributed by atoms with Crippen LogP contribution in [0, 0.1) is 35.0 Å². The number of allylic oxidation sites excluding steroid dienone is 5. The zero-order valence-electron chi connectivity index (χ0n) is 19.9. The van der Waals surface area contributed by atoms with E-state index in [0.717, 1.165) is 17.1 Å². The standard InChI is InChI=1S/C28H44O2/c1-18(2)19(3)9-10-20(4)25-13-14-26-22(8-7-15-28(25,26)6)11-12-23-16-24(29)17-27(30)21(23)5/h9-12,18-20,24-27,29-30H,5,7-8,13-17H2,1-4,6H3/b10-9+,22-11-,23-12-. The largest absolute Gasteiger partial charge is 0.393 e. The van der Waals surface area contributed by atoms with Gasteiger partial charge in [0, 0.05) is 6.42 Å². The molecule has 3 fully saturated rings. The first kappa shape index (κ1) is 23.5. The Morgan fingerprint density at radius 1 is 1.07 bits per heavy atom. The molecular formula is C28H44O2. The van der Waals surface area contributed by atoms with Crippen molar-refractivity contribution in [3.63, 3.8) is 0 Å². The summed E-state index contributed by atoms with van der Waals surface area (Å²) < 4.78 is 0. The van der Waals surface area contributed by atoms with Crippen molar-refractivity contribution in [3.8, 4) is 0 Å². The fourth-order valence-electron chi connectivity index (χ4n) is 6.32. The molecule has 168 valence electrons. The Morgan fingerprint density at radius 2 is 1.80 bits per heavy atom. The monoisotopic (exact) mass is 412 g/mol. The summed E-state index contributed by atoms with van der Waals surface area (Å²) in [7, 11) is 0. The average Bonchev–Trinajstić information content (AvgIpc) is 3.04. The SMILES string of the molecule is C=C1/C(=C\C=C2\CCCC3(C)C2CCC3C(C)/C=C/C(C)C(C)C)CC(O)CC1O. The van der Waals surface area contributed by atoms with Crippen molar-refractivity contribution in [2.75, 3.05) is 0 Å². The van der Waals surface area contributed by atoms with Crippen LogP contribution < -0.4 is 0 Å². The number of aliphatic hydroxyl groups excluding tert-OH is 2. The second-order valence-corrected chi connectivity index (χ2v) is 11.0. The Labute approximate surface area is 184 Å². The Hall–Kier alpha value is -1.12. The Kier molecular flexibility index (Phi) is 7.51. The summed E-state index contributed by atoms with van der Waals surface area (Å²) in [6.45, 7) is 16.0. The summed E-state index contributed by atoms with van der Waals surface area (Å²) in [4.78, 5) is 0. The molecular weight excluding hydrogens is 368 g/mol. The third kappa shape index (κ3) is 4.86. The van der Waals surface area contributed by atoms with Gasteiger partial charge in [-0.25, -0.2) is 0 Å². The molecule has 3 rings (SSSR count). The minimum atomic E-state index is -0.605. The maximum Gasteiger partial charge on any atom is 0.0811 e. The molecule has 0 aromatic carbocycles. The predicted octanol–water partition coefficient (Wildman–Crippen LogP) is 6.61. The molecule has 0 bridgehead atoms. The molecule has 0 saturated heterocycles. The molecule has 0 aromatic heterocycles.